The monoisotopic (exact) mass is 358 g/mol. The van der Waals surface area contributed by atoms with Crippen LogP contribution in [0.25, 0.3) is 10.9 Å². The first kappa shape index (κ1) is 17.7. The molecule has 27 heavy (non-hydrogen) atoms. The zero-order valence-corrected chi connectivity index (χ0v) is 15.8. The molecule has 1 atom stereocenters. The van der Waals surface area contributed by atoms with Crippen LogP contribution in [0.5, 0.6) is 0 Å². The van der Waals surface area contributed by atoms with Crippen LogP contribution in [0.1, 0.15) is 60.9 Å². The van der Waals surface area contributed by atoms with E-state index in [0.717, 1.165) is 36.6 Å². The number of pyridine rings is 1. The number of carbonyl (C=O) groups excluding carboxylic acids is 1. The Hall–Kier alpha value is -2.68. The first-order valence-electron chi connectivity index (χ1n) is 9.90. The maximum absolute atomic E-state index is 13.1. The van der Waals surface area contributed by atoms with E-state index in [1.807, 2.05) is 36.4 Å². The summed E-state index contributed by atoms with van der Waals surface area (Å²) in [5.74, 6) is 0.259. The molecule has 0 radical (unpaired) electrons. The molecule has 3 nitrogen and oxygen atoms in total. The molecular weight excluding hydrogens is 332 g/mol. The quantitative estimate of drug-likeness (QED) is 0.672. The summed E-state index contributed by atoms with van der Waals surface area (Å²) in [6.07, 6.45) is 7.31. The molecule has 2 aromatic carbocycles. The van der Waals surface area contributed by atoms with E-state index in [4.69, 9.17) is 0 Å². The number of para-hydroxylation sites is 1. The van der Waals surface area contributed by atoms with E-state index in [-0.39, 0.29) is 17.4 Å². The Kier molecular flexibility index (Phi) is 4.93. The molecule has 0 bridgehead atoms. The molecule has 3 aromatic rings. The fraction of sp³-hybridized carbons (Fsp3) is 0.333. The molecule has 138 valence electrons. The lowest BCUT2D eigenvalue weighted by Gasteiger charge is -2.43. The van der Waals surface area contributed by atoms with Crippen molar-refractivity contribution in [2.24, 2.45) is 0 Å². The lowest BCUT2D eigenvalue weighted by Crippen LogP contribution is -2.53. The van der Waals surface area contributed by atoms with Gasteiger partial charge in [-0.3, -0.25) is 9.78 Å². The van der Waals surface area contributed by atoms with Gasteiger partial charge < -0.3 is 5.32 Å². The fourth-order valence-electron chi connectivity index (χ4n) is 4.40. The number of rotatable bonds is 4. The highest BCUT2D eigenvalue weighted by atomic mass is 16.1. The number of hydrogen-bond donors (Lipinski definition) is 1. The lowest BCUT2D eigenvalue weighted by molar-refractivity contribution is 0.0844. The van der Waals surface area contributed by atoms with Gasteiger partial charge in [0.05, 0.1) is 11.1 Å². The molecule has 4 rings (SSSR count). The molecule has 1 saturated carbocycles. The molecule has 1 heterocycles. The molecule has 3 heteroatoms. The van der Waals surface area contributed by atoms with Crippen LogP contribution in [-0.4, -0.2) is 16.4 Å². The number of aromatic nitrogens is 1. The number of carbonyl (C=O) groups is 1. The fourth-order valence-corrected chi connectivity index (χ4v) is 4.40. The van der Waals surface area contributed by atoms with E-state index >= 15 is 0 Å². The van der Waals surface area contributed by atoms with Crippen LogP contribution in [0.3, 0.4) is 0 Å². The number of nitrogens with zero attached hydrogens (tertiary/aromatic N) is 1. The van der Waals surface area contributed by atoms with Crippen molar-refractivity contribution < 1.29 is 4.79 Å². The number of nitrogens with one attached hydrogen (secondary N) is 1. The first-order chi connectivity index (χ1) is 13.2. The van der Waals surface area contributed by atoms with Gasteiger partial charge in [-0.2, -0.15) is 0 Å². The van der Waals surface area contributed by atoms with Gasteiger partial charge in [-0.1, -0.05) is 74.7 Å². The largest absolute Gasteiger partial charge is 0.346 e. The summed E-state index contributed by atoms with van der Waals surface area (Å²) in [5, 5.41) is 4.43. The molecule has 1 fully saturated rings. The first-order valence-corrected chi connectivity index (χ1v) is 9.90. The average molecular weight is 358 g/mol. The highest BCUT2D eigenvalue weighted by molar-refractivity contribution is 5.97. The Morgan fingerprint density at radius 3 is 2.48 bits per heavy atom. The molecule has 1 aliphatic carbocycles. The van der Waals surface area contributed by atoms with Crippen LogP contribution < -0.4 is 5.32 Å². The predicted molar refractivity (Wildman–Crippen MR) is 110 cm³/mol. The van der Waals surface area contributed by atoms with Gasteiger partial charge in [0.2, 0.25) is 0 Å². The van der Waals surface area contributed by atoms with Gasteiger partial charge in [0.1, 0.15) is 0 Å². The second kappa shape index (κ2) is 7.51. The van der Waals surface area contributed by atoms with Crippen molar-refractivity contribution in [3.63, 3.8) is 0 Å². The van der Waals surface area contributed by atoms with Crippen LogP contribution in [0.4, 0.5) is 0 Å². The predicted octanol–water partition coefficient (Wildman–Crippen LogP) is 5.47. The minimum absolute atomic E-state index is 0.0158. The number of amides is 1. The van der Waals surface area contributed by atoms with Gasteiger partial charge in [0, 0.05) is 23.0 Å². The van der Waals surface area contributed by atoms with E-state index < -0.39 is 0 Å². The molecule has 1 amide bonds. The van der Waals surface area contributed by atoms with Gasteiger partial charge >= 0.3 is 0 Å². The highest BCUT2D eigenvalue weighted by Gasteiger charge is 2.39. The molecule has 0 spiro atoms. The summed E-state index contributed by atoms with van der Waals surface area (Å²) in [6.45, 7) is 2.25. The zero-order chi connectivity index (χ0) is 18.7. The summed E-state index contributed by atoms with van der Waals surface area (Å²) in [7, 11) is 0. The maximum Gasteiger partial charge on any atom is 0.253 e. The SMILES string of the molecule is CC(c1ccccc1)C1(NC(=O)c2cnc3ccccc3c2)CCCCC1. The summed E-state index contributed by atoms with van der Waals surface area (Å²) in [6, 6.07) is 20.4. The Bertz CT molecular complexity index is 929. The van der Waals surface area contributed by atoms with Gasteiger partial charge in [-0.15, -0.1) is 0 Å². The Balaban J connectivity index is 1.63. The summed E-state index contributed by atoms with van der Waals surface area (Å²) < 4.78 is 0. The number of benzene rings is 2. The van der Waals surface area contributed by atoms with Crippen molar-refractivity contribution in [1.82, 2.24) is 10.3 Å². The van der Waals surface area contributed by atoms with Gasteiger partial charge in [0.25, 0.3) is 5.91 Å². The van der Waals surface area contributed by atoms with Crippen molar-refractivity contribution in [2.45, 2.75) is 50.5 Å². The van der Waals surface area contributed by atoms with Gasteiger partial charge in [0.15, 0.2) is 0 Å². The molecule has 1 N–H and O–H groups in total. The lowest BCUT2D eigenvalue weighted by atomic mass is 9.70. The topological polar surface area (TPSA) is 42.0 Å². The normalized spacial score (nSPS) is 17.4. The minimum Gasteiger partial charge on any atom is -0.346 e. The third-order valence-corrected chi connectivity index (χ3v) is 6.09. The highest BCUT2D eigenvalue weighted by Crippen LogP contribution is 2.40. The molecule has 1 aliphatic rings. The van der Waals surface area contributed by atoms with E-state index in [9.17, 15) is 4.79 Å². The summed E-state index contributed by atoms with van der Waals surface area (Å²) in [4.78, 5) is 17.6. The van der Waals surface area contributed by atoms with Crippen molar-refractivity contribution in [1.29, 1.82) is 0 Å². The van der Waals surface area contributed by atoms with Crippen LogP contribution in [0.15, 0.2) is 66.9 Å². The molecular formula is C24H26N2O. The van der Waals surface area contributed by atoms with E-state index in [2.05, 4.69) is 41.5 Å². The smallest absolute Gasteiger partial charge is 0.253 e. The van der Waals surface area contributed by atoms with Crippen molar-refractivity contribution in [3.8, 4) is 0 Å². The van der Waals surface area contributed by atoms with Crippen LogP contribution >= 0.6 is 0 Å². The Morgan fingerprint density at radius 1 is 1.00 bits per heavy atom. The van der Waals surface area contributed by atoms with Crippen LogP contribution in [0, 0.1) is 0 Å². The van der Waals surface area contributed by atoms with Gasteiger partial charge in [-0.25, -0.2) is 0 Å². The van der Waals surface area contributed by atoms with Gasteiger partial charge in [-0.05, 0) is 30.5 Å². The molecule has 1 unspecified atom stereocenters. The molecule has 1 aromatic heterocycles. The molecule has 0 aliphatic heterocycles. The van der Waals surface area contributed by atoms with Crippen LogP contribution in [-0.2, 0) is 0 Å². The van der Waals surface area contributed by atoms with E-state index in [1.165, 1.54) is 12.0 Å². The number of hydrogen-bond acceptors (Lipinski definition) is 2. The number of fused-ring (bicyclic) bond motifs is 1. The van der Waals surface area contributed by atoms with Crippen molar-refractivity contribution >= 4 is 16.8 Å². The minimum atomic E-state index is -0.192. The van der Waals surface area contributed by atoms with Crippen molar-refractivity contribution in [3.05, 3.63) is 78.0 Å². The second-order valence-corrected chi connectivity index (χ2v) is 7.72. The maximum atomic E-state index is 13.1. The van der Waals surface area contributed by atoms with E-state index in [1.54, 1.807) is 6.20 Å². The Morgan fingerprint density at radius 2 is 1.70 bits per heavy atom. The standard InChI is InChI=1S/C24H26N2O/c1-18(19-10-4-2-5-11-19)24(14-8-3-9-15-24)26-23(27)21-16-20-12-6-7-13-22(20)25-17-21/h2,4-7,10-13,16-18H,3,8-9,14-15H2,1H3,(H,26,27). The van der Waals surface area contributed by atoms with E-state index in [0.29, 0.717) is 5.56 Å². The summed E-state index contributed by atoms with van der Waals surface area (Å²) in [5.41, 5.74) is 2.65. The molecule has 0 saturated heterocycles. The third kappa shape index (κ3) is 3.59. The Labute approximate surface area is 160 Å². The zero-order valence-electron chi connectivity index (χ0n) is 15.8. The van der Waals surface area contributed by atoms with Crippen LogP contribution in [0.2, 0.25) is 0 Å². The summed E-state index contributed by atoms with van der Waals surface area (Å²) >= 11 is 0. The van der Waals surface area contributed by atoms with Crippen molar-refractivity contribution in [2.75, 3.05) is 0 Å². The third-order valence-electron chi connectivity index (χ3n) is 6.09. The average Bonchev–Trinajstić information content (AvgIpc) is 2.74. The second-order valence-electron chi connectivity index (χ2n) is 7.72.